The van der Waals surface area contributed by atoms with Gasteiger partial charge in [0.05, 0.1) is 25.7 Å². The fourth-order valence-electron chi connectivity index (χ4n) is 1.54. The molecular formula is C13H23NO4SSi. The Kier molecular flexibility index (Phi) is 5.47. The van der Waals surface area contributed by atoms with Crippen LogP contribution in [-0.4, -0.2) is 36.5 Å². The molecule has 1 aromatic carbocycles. The van der Waals surface area contributed by atoms with E-state index in [-0.39, 0.29) is 5.75 Å². The summed E-state index contributed by atoms with van der Waals surface area (Å²) >= 11 is 0. The third-order valence-electron chi connectivity index (χ3n) is 2.75. The first-order chi connectivity index (χ1) is 9.15. The predicted molar refractivity (Wildman–Crippen MR) is 85.1 cm³/mol. The molecule has 20 heavy (non-hydrogen) atoms. The molecule has 0 unspecified atom stereocenters. The van der Waals surface area contributed by atoms with E-state index >= 15 is 0 Å². The van der Waals surface area contributed by atoms with Crippen molar-refractivity contribution in [1.82, 2.24) is 0 Å². The van der Waals surface area contributed by atoms with Crippen molar-refractivity contribution < 1.29 is 17.9 Å². The molecule has 0 aliphatic heterocycles. The lowest BCUT2D eigenvalue weighted by molar-refractivity contribution is 0.395. The third kappa shape index (κ3) is 5.83. The molecule has 1 aromatic rings. The maximum absolute atomic E-state index is 12.1. The van der Waals surface area contributed by atoms with Gasteiger partial charge in [-0.2, -0.15) is 0 Å². The summed E-state index contributed by atoms with van der Waals surface area (Å²) in [6.45, 7) is 6.45. The van der Waals surface area contributed by atoms with E-state index in [0.29, 0.717) is 17.2 Å². The molecule has 0 aliphatic rings. The number of ether oxygens (including phenoxy) is 2. The quantitative estimate of drug-likeness (QED) is 0.785. The first kappa shape index (κ1) is 16.8. The van der Waals surface area contributed by atoms with E-state index in [4.69, 9.17) is 9.47 Å². The molecule has 0 bridgehead atoms. The van der Waals surface area contributed by atoms with Gasteiger partial charge in [-0.3, -0.25) is 4.72 Å². The summed E-state index contributed by atoms with van der Waals surface area (Å²) in [5, 5.41) is 0. The fraction of sp³-hybridized carbons (Fsp3) is 0.538. The summed E-state index contributed by atoms with van der Waals surface area (Å²) in [6, 6.07) is 5.69. The molecule has 0 saturated heterocycles. The molecule has 7 heteroatoms. The van der Waals surface area contributed by atoms with Crippen molar-refractivity contribution in [2.24, 2.45) is 0 Å². The van der Waals surface area contributed by atoms with Crippen LogP contribution in [0.25, 0.3) is 0 Å². The van der Waals surface area contributed by atoms with E-state index in [9.17, 15) is 8.42 Å². The smallest absolute Gasteiger partial charge is 0.232 e. The zero-order valence-corrected chi connectivity index (χ0v) is 14.5. The lowest BCUT2D eigenvalue weighted by atomic mass is 10.3. The lowest BCUT2D eigenvalue weighted by Gasteiger charge is -2.16. The zero-order chi connectivity index (χ0) is 15.4. The van der Waals surface area contributed by atoms with Crippen molar-refractivity contribution in [2.75, 3.05) is 24.7 Å². The maximum atomic E-state index is 12.1. The van der Waals surface area contributed by atoms with E-state index in [1.165, 1.54) is 14.2 Å². The minimum atomic E-state index is -3.34. The van der Waals surface area contributed by atoms with Crippen LogP contribution in [0.3, 0.4) is 0 Å². The van der Waals surface area contributed by atoms with Gasteiger partial charge in [-0.15, -0.1) is 0 Å². The first-order valence-corrected chi connectivity index (χ1v) is 11.7. The van der Waals surface area contributed by atoms with E-state index in [0.717, 1.165) is 6.04 Å². The summed E-state index contributed by atoms with van der Waals surface area (Å²) in [7, 11) is -1.68. The average Bonchev–Trinajstić information content (AvgIpc) is 2.34. The average molecular weight is 317 g/mol. The number of methoxy groups -OCH3 is 2. The van der Waals surface area contributed by atoms with Gasteiger partial charge < -0.3 is 9.47 Å². The van der Waals surface area contributed by atoms with Crippen molar-refractivity contribution >= 4 is 23.8 Å². The second-order valence-electron chi connectivity index (χ2n) is 5.83. The summed E-state index contributed by atoms with van der Waals surface area (Å²) in [5.41, 5.74) is 0.455. The Morgan fingerprint density at radius 3 is 1.95 bits per heavy atom. The zero-order valence-electron chi connectivity index (χ0n) is 12.7. The molecule has 0 atom stereocenters. The van der Waals surface area contributed by atoms with E-state index < -0.39 is 18.1 Å². The molecule has 0 amide bonds. The van der Waals surface area contributed by atoms with Gasteiger partial charge >= 0.3 is 0 Å². The summed E-state index contributed by atoms with van der Waals surface area (Å²) in [5.74, 6) is 1.24. The number of anilines is 1. The topological polar surface area (TPSA) is 64.6 Å². The number of benzene rings is 1. The Bertz CT molecular complexity index is 530. The van der Waals surface area contributed by atoms with Gasteiger partial charge in [-0.1, -0.05) is 19.6 Å². The predicted octanol–water partition coefficient (Wildman–Crippen LogP) is 2.78. The Hall–Kier alpha value is -1.21. The van der Waals surface area contributed by atoms with Gasteiger partial charge in [-0.05, 0) is 6.04 Å². The normalized spacial score (nSPS) is 12.1. The highest BCUT2D eigenvalue weighted by Crippen LogP contribution is 2.26. The van der Waals surface area contributed by atoms with Crippen LogP contribution in [-0.2, 0) is 10.0 Å². The highest BCUT2D eigenvalue weighted by Gasteiger charge is 2.19. The molecule has 0 saturated carbocycles. The van der Waals surface area contributed by atoms with Gasteiger partial charge in [0.25, 0.3) is 0 Å². The maximum Gasteiger partial charge on any atom is 0.232 e. The Balaban J connectivity index is 2.86. The number of hydrogen-bond donors (Lipinski definition) is 1. The number of nitrogens with one attached hydrogen (secondary N) is 1. The van der Waals surface area contributed by atoms with Crippen LogP contribution >= 0.6 is 0 Å². The SMILES string of the molecule is COc1cc(NS(=O)(=O)CC[Si](C)(C)C)cc(OC)c1. The molecule has 5 nitrogen and oxygen atoms in total. The molecule has 0 fully saturated rings. The molecule has 0 radical (unpaired) electrons. The van der Waals surface area contributed by atoms with Crippen molar-refractivity contribution in [3.63, 3.8) is 0 Å². The monoisotopic (exact) mass is 317 g/mol. The molecule has 0 aromatic heterocycles. The van der Waals surface area contributed by atoms with E-state index in [1.54, 1.807) is 18.2 Å². The third-order valence-corrected chi connectivity index (χ3v) is 6.15. The number of sulfonamides is 1. The molecule has 0 aliphatic carbocycles. The van der Waals surface area contributed by atoms with Crippen LogP contribution < -0.4 is 14.2 Å². The van der Waals surface area contributed by atoms with Crippen molar-refractivity contribution in [3.05, 3.63) is 18.2 Å². The van der Waals surface area contributed by atoms with Crippen LogP contribution in [0.2, 0.25) is 25.7 Å². The van der Waals surface area contributed by atoms with Gasteiger partial charge in [0.2, 0.25) is 10.0 Å². The van der Waals surface area contributed by atoms with Gasteiger partial charge in [-0.25, -0.2) is 8.42 Å². The first-order valence-electron chi connectivity index (χ1n) is 6.39. The highest BCUT2D eigenvalue weighted by atomic mass is 32.2. The number of hydrogen-bond acceptors (Lipinski definition) is 4. The molecule has 114 valence electrons. The van der Waals surface area contributed by atoms with Crippen molar-refractivity contribution in [3.8, 4) is 11.5 Å². The van der Waals surface area contributed by atoms with Crippen LogP contribution in [0.1, 0.15) is 0 Å². The minimum Gasteiger partial charge on any atom is -0.497 e. The highest BCUT2D eigenvalue weighted by molar-refractivity contribution is 7.92. The summed E-state index contributed by atoms with van der Waals surface area (Å²) in [4.78, 5) is 0. The van der Waals surface area contributed by atoms with Crippen LogP contribution in [0, 0.1) is 0 Å². The van der Waals surface area contributed by atoms with Crippen LogP contribution in [0.4, 0.5) is 5.69 Å². The van der Waals surface area contributed by atoms with Crippen LogP contribution in [0.5, 0.6) is 11.5 Å². The Labute approximate surface area is 122 Å². The second kappa shape index (κ2) is 6.49. The molecular weight excluding hydrogens is 294 g/mol. The minimum absolute atomic E-state index is 0.141. The van der Waals surface area contributed by atoms with E-state index in [1.807, 2.05) is 0 Å². The summed E-state index contributed by atoms with van der Waals surface area (Å²) < 4.78 is 37.0. The second-order valence-corrected chi connectivity index (χ2v) is 13.3. The van der Waals surface area contributed by atoms with Crippen LogP contribution in [0.15, 0.2) is 18.2 Å². The van der Waals surface area contributed by atoms with Gasteiger partial charge in [0, 0.05) is 26.3 Å². The standard InChI is InChI=1S/C13H23NO4SSi/c1-17-12-8-11(9-13(10-12)18-2)14-19(15,16)6-7-20(3,4)5/h8-10,14H,6-7H2,1-5H3. The Morgan fingerprint density at radius 2 is 1.55 bits per heavy atom. The van der Waals surface area contributed by atoms with Gasteiger partial charge in [0.1, 0.15) is 11.5 Å². The number of rotatable bonds is 7. The fourth-order valence-corrected chi connectivity index (χ4v) is 5.64. The lowest BCUT2D eigenvalue weighted by Crippen LogP contribution is -2.26. The molecule has 0 heterocycles. The largest absolute Gasteiger partial charge is 0.497 e. The van der Waals surface area contributed by atoms with Crippen molar-refractivity contribution in [1.29, 1.82) is 0 Å². The van der Waals surface area contributed by atoms with Gasteiger partial charge in [0.15, 0.2) is 0 Å². The van der Waals surface area contributed by atoms with E-state index in [2.05, 4.69) is 24.4 Å². The Morgan fingerprint density at radius 1 is 1.05 bits per heavy atom. The summed E-state index contributed by atoms with van der Waals surface area (Å²) in [6.07, 6.45) is 0. The molecule has 1 rings (SSSR count). The van der Waals surface area contributed by atoms with Crippen molar-refractivity contribution in [2.45, 2.75) is 25.7 Å². The molecule has 1 N–H and O–H groups in total. The molecule has 0 spiro atoms.